The van der Waals surface area contributed by atoms with E-state index in [4.69, 9.17) is 4.74 Å². The van der Waals surface area contributed by atoms with Gasteiger partial charge in [0.2, 0.25) is 0 Å². The van der Waals surface area contributed by atoms with Crippen molar-refractivity contribution in [3.8, 4) is 5.75 Å². The fourth-order valence-electron chi connectivity index (χ4n) is 1.71. The maximum atomic E-state index is 13.1. The van der Waals surface area contributed by atoms with Crippen molar-refractivity contribution in [3.63, 3.8) is 0 Å². The lowest BCUT2D eigenvalue weighted by atomic mass is 9.90. The first-order chi connectivity index (χ1) is 7.20. The van der Waals surface area contributed by atoms with Gasteiger partial charge in [-0.15, -0.1) is 0 Å². The number of anilines is 1. The minimum Gasteiger partial charge on any atom is -0.497 e. The van der Waals surface area contributed by atoms with Crippen molar-refractivity contribution in [1.82, 2.24) is 0 Å². The molecule has 0 aromatic heterocycles. The Balaban J connectivity index is 2.12. The van der Waals surface area contributed by atoms with E-state index in [0.29, 0.717) is 6.42 Å². The number of hydrogen-bond donors (Lipinski definition) is 1. The van der Waals surface area contributed by atoms with Crippen LogP contribution in [-0.2, 0) is 0 Å². The quantitative estimate of drug-likeness (QED) is 0.826. The summed E-state index contributed by atoms with van der Waals surface area (Å²) in [6.45, 7) is 2.01. The van der Waals surface area contributed by atoms with Crippen molar-refractivity contribution in [2.24, 2.45) is 0 Å². The Bertz CT molecular complexity index is 353. The zero-order chi connectivity index (χ0) is 10.8. The molecule has 3 heteroatoms. The lowest BCUT2D eigenvalue weighted by Crippen LogP contribution is -2.40. The number of benzene rings is 1. The van der Waals surface area contributed by atoms with Gasteiger partial charge in [0.1, 0.15) is 11.9 Å². The highest BCUT2D eigenvalue weighted by molar-refractivity contribution is 5.55. The van der Waals surface area contributed by atoms with E-state index in [9.17, 15) is 4.39 Å². The SMILES string of the molecule is COc1ccc(C)c(NC2CCC2F)c1. The van der Waals surface area contributed by atoms with Gasteiger partial charge in [-0.1, -0.05) is 6.07 Å². The Hall–Kier alpha value is -1.25. The van der Waals surface area contributed by atoms with Crippen LogP contribution in [0.1, 0.15) is 18.4 Å². The first-order valence-electron chi connectivity index (χ1n) is 5.26. The standard InChI is InChI=1S/C12H16FNO/c1-8-3-4-9(15-2)7-12(8)14-11-6-5-10(11)13/h3-4,7,10-11,14H,5-6H2,1-2H3. The normalized spacial score (nSPS) is 24.5. The maximum Gasteiger partial charge on any atom is 0.120 e. The van der Waals surface area contributed by atoms with Crippen LogP contribution in [-0.4, -0.2) is 19.3 Å². The number of rotatable bonds is 3. The zero-order valence-corrected chi connectivity index (χ0v) is 9.09. The van der Waals surface area contributed by atoms with Crippen molar-refractivity contribution in [2.45, 2.75) is 32.0 Å². The summed E-state index contributed by atoms with van der Waals surface area (Å²) in [7, 11) is 1.63. The molecule has 82 valence electrons. The molecule has 2 atom stereocenters. The number of halogens is 1. The molecule has 1 aromatic rings. The minimum atomic E-state index is -0.699. The number of nitrogens with one attached hydrogen (secondary N) is 1. The summed E-state index contributed by atoms with van der Waals surface area (Å²) in [6.07, 6.45) is 0.897. The summed E-state index contributed by atoms with van der Waals surface area (Å²) in [6, 6.07) is 5.79. The van der Waals surface area contributed by atoms with E-state index >= 15 is 0 Å². The van der Waals surface area contributed by atoms with Crippen molar-refractivity contribution in [3.05, 3.63) is 23.8 Å². The van der Waals surface area contributed by atoms with Gasteiger partial charge < -0.3 is 10.1 Å². The summed E-state index contributed by atoms with van der Waals surface area (Å²) in [5.41, 5.74) is 2.09. The molecule has 0 amide bonds. The van der Waals surface area contributed by atoms with E-state index in [2.05, 4.69) is 5.32 Å². The molecule has 1 saturated carbocycles. The second-order valence-corrected chi connectivity index (χ2v) is 4.03. The summed E-state index contributed by atoms with van der Waals surface area (Å²) in [5, 5.41) is 3.22. The molecule has 0 spiro atoms. The van der Waals surface area contributed by atoms with Crippen LogP contribution in [0, 0.1) is 6.92 Å². The number of hydrogen-bond acceptors (Lipinski definition) is 2. The first-order valence-corrected chi connectivity index (χ1v) is 5.26. The second kappa shape index (κ2) is 4.09. The molecule has 2 unspecified atom stereocenters. The molecular formula is C12H16FNO. The Morgan fingerprint density at radius 2 is 2.20 bits per heavy atom. The van der Waals surface area contributed by atoms with Gasteiger partial charge >= 0.3 is 0 Å². The van der Waals surface area contributed by atoms with Crippen molar-refractivity contribution in [1.29, 1.82) is 0 Å². The summed E-state index contributed by atoms with van der Waals surface area (Å²) >= 11 is 0. The van der Waals surface area contributed by atoms with E-state index in [0.717, 1.165) is 23.4 Å². The van der Waals surface area contributed by atoms with Crippen molar-refractivity contribution in [2.75, 3.05) is 12.4 Å². The molecule has 15 heavy (non-hydrogen) atoms. The fourth-order valence-corrected chi connectivity index (χ4v) is 1.71. The van der Waals surface area contributed by atoms with E-state index in [1.54, 1.807) is 7.11 Å². The van der Waals surface area contributed by atoms with Crippen LogP contribution in [0.25, 0.3) is 0 Å². The van der Waals surface area contributed by atoms with Crippen LogP contribution < -0.4 is 10.1 Å². The van der Waals surface area contributed by atoms with Crippen molar-refractivity contribution < 1.29 is 9.13 Å². The van der Waals surface area contributed by atoms with Gasteiger partial charge in [0.25, 0.3) is 0 Å². The number of aryl methyl sites for hydroxylation is 1. The molecule has 1 aliphatic rings. The topological polar surface area (TPSA) is 21.3 Å². The molecule has 1 fully saturated rings. The first kappa shape index (κ1) is 10.3. The van der Waals surface area contributed by atoms with Crippen LogP contribution in [0.5, 0.6) is 5.75 Å². The molecule has 1 aliphatic carbocycles. The molecular weight excluding hydrogens is 193 g/mol. The highest BCUT2D eigenvalue weighted by Gasteiger charge is 2.30. The van der Waals surface area contributed by atoms with Gasteiger partial charge in [0.05, 0.1) is 13.2 Å². The lowest BCUT2D eigenvalue weighted by Gasteiger charge is -2.32. The number of alkyl halides is 1. The number of methoxy groups -OCH3 is 1. The van der Waals surface area contributed by atoms with Gasteiger partial charge in [-0.05, 0) is 31.4 Å². The molecule has 0 bridgehead atoms. The monoisotopic (exact) mass is 209 g/mol. The smallest absolute Gasteiger partial charge is 0.120 e. The molecule has 0 saturated heterocycles. The predicted molar refractivity (Wildman–Crippen MR) is 59.3 cm³/mol. The summed E-state index contributed by atoms with van der Waals surface area (Å²) < 4.78 is 18.2. The fraction of sp³-hybridized carbons (Fsp3) is 0.500. The highest BCUT2D eigenvalue weighted by Crippen LogP contribution is 2.29. The molecule has 0 heterocycles. The van der Waals surface area contributed by atoms with Gasteiger partial charge in [0, 0.05) is 11.8 Å². The Morgan fingerprint density at radius 1 is 1.40 bits per heavy atom. The van der Waals surface area contributed by atoms with E-state index in [-0.39, 0.29) is 6.04 Å². The molecule has 2 nitrogen and oxygen atoms in total. The van der Waals surface area contributed by atoms with Crippen LogP contribution in [0.15, 0.2) is 18.2 Å². The Labute approximate surface area is 89.4 Å². The largest absolute Gasteiger partial charge is 0.497 e. The summed E-state index contributed by atoms with van der Waals surface area (Å²) in [4.78, 5) is 0. The van der Waals surface area contributed by atoms with E-state index in [1.807, 2.05) is 25.1 Å². The highest BCUT2D eigenvalue weighted by atomic mass is 19.1. The third-order valence-corrected chi connectivity index (χ3v) is 2.98. The second-order valence-electron chi connectivity index (χ2n) is 4.03. The third-order valence-electron chi connectivity index (χ3n) is 2.98. The van der Waals surface area contributed by atoms with Gasteiger partial charge in [-0.3, -0.25) is 0 Å². The average Bonchev–Trinajstić information content (AvgIpc) is 2.26. The van der Waals surface area contributed by atoms with Crippen molar-refractivity contribution >= 4 is 5.69 Å². The number of ether oxygens (including phenoxy) is 1. The molecule has 1 aromatic carbocycles. The maximum absolute atomic E-state index is 13.1. The van der Waals surface area contributed by atoms with Gasteiger partial charge in [-0.25, -0.2) is 4.39 Å². The molecule has 2 rings (SSSR count). The minimum absolute atomic E-state index is 0.0178. The van der Waals surface area contributed by atoms with E-state index in [1.165, 1.54) is 0 Å². The van der Waals surface area contributed by atoms with Crippen LogP contribution >= 0.6 is 0 Å². The lowest BCUT2D eigenvalue weighted by molar-refractivity contribution is 0.186. The molecule has 1 N–H and O–H groups in total. The molecule has 0 radical (unpaired) electrons. The third kappa shape index (κ3) is 2.06. The Morgan fingerprint density at radius 3 is 2.73 bits per heavy atom. The van der Waals surface area contributed by atoms with E-state index < -0.39 is 6.17 Å². The van der Waals surface area contributed by atoms with Gasteiger partial charge in [0.15, 0.2) is 0 Å². The van der Waals surface area contributed by atoms with Crippen LogP contribution in [0.2, 0.25) is 0 Å². The average molecular weight is 209 g/mol. The van der Waals surface area contributed by atoms with Gasteiger partial charge in [-0.2, -0.15) is 0 Å². The predicted octanol–water partition coefficient (Wildman–Crippen LogP) is 2.92. The van der Waals surface area contributed by atoms with Crippen LogP contribution in [0.4, 0.5) is 10.1 Å². The summed E-state index contributed by atoms with van der Waals surface area (Å²) in [5.74, 6) is 0.804. The molecule has 0 aliphatic heterocycles. The zero-order valence-electron chi connectivity index (χ0n) is 9.09. The van der Waals surface area contributed by atoms with Crippen LogP contribution in [0.3, 0.4) is 0 Å². The Kier molecular flexibility index (Phi) is 2.80.